The summed E-state index contributed by atoms with van der Waals surface area (Å²) >= 11 is 13.5. The minimum Gasteiger partial charge on any atom is -0.319 e. The van der Waals surface area contributed by atoms with Gasteiger partial charge in [-0.2, -0.15) is 0 Å². The number of hydrogen-bond donors (Lipinski definition) is 1. The summed E-state index contributed by atoms with van der Waals surface area (Å²) in [5.41, 5.74) is 0.378. The summed E-state index contributed by atoms with van der Waals surface area (Å²) in [6.45, 7) is 0. The third kappa shape index (κ3) is 3.39. The average molecular weight is 428 g/mol. The Morgan fingerprint density at radius 2 is 1.65 bits per heavy atom. The van der Waals surface area contributed by atoms with E-state index in [4.69, 9.17) is 23.2 Å². The predicted molar refractivity (Wildman–Crippen MR) is 83.5 cm³/mol. The van der Waals surface area contributed by atoms with Crippen LogP contribution in [0.3, 0.4) is 0 Å². The maximum Gasteiger partial charge on any atom is 0.256 e. The number of rotatable bonds is 2. The second-order valence-electron chi connectivity index (χ2n) is 3.82. The number of halogens is 5. The highest BCUT2D eigenvalue weighted by Gasteiger charge is 2.15. The zero-order valence-corrected chi connectivity index (χ0v) is 13.4. The van der Waals surface area contributed by atoms with Gasteiger partial charge in [-0.05, 0) is 52.9 Å². The molecule has 0 bridgehead atoms. The van der Waals surface area contributed by atoms with E-state index in [1.54, 1.807) is 0 Å². The lowest BCUT2D eigenvalue weighted by molar-refractivity contribution is 0.102. The van der Waals surface area contributed by atoms with Crippen LogP contribution < -0.4 is 5.32 Å². The van der Waals surface area contributed by atoms with Gasteiger partial charge in [-0.15, -0.1) is 0 Å². The molecule has 1 amide bonds. The van der Waals surface area contributed by atoms with Crippen LogP contribution in [-0.4, -0.2) is 5.91 Å². The van der Waals surface area contributed by atoms with Gasteiger partial charge in [-0.1, -0.05) is 23.2 Å². The van der Waals surface area contributed by atoms with Gasteiger partial charge in [-0.3, -0.25) is 4.79 Å². The fourth-order valence-corrected chi connectivity index (χ4v) is 2.79. The molecular weight excluding hydrogens is 422 g/mol. The molecule has 20 heavy (non-hydrogen) atoms. The standard InChI is InChI=1S/C13H6Cl2F2INO/c14-9-3-7(17)4-10(15)12(9)19-13(20)8-2-1-6(16)5-11(8)18/h1-5H,(H,19,20). The van der Waals surface area contributed by atoms with Crippen LogP contribution in [0.15, 0.2) is 30.3 Å². The van der Waals surface area contributed by atoms with E-state index in [9.17, 15) is 13.6 Å². The highest BCUT2D eigenvalue weighted by Crippen LogP contribution is 2.32. The van der Waals surface area contributed by atoms with Crippen LogP contribution in [0.1, 0.15) is 10.4 Å². The van der Waals surface area contributed by atoms with Gasteiger partial charge in [0.05, 0.1) is 21.3 Å². The van der Waals surface area contributed by atoms with Crippen molar-refractivity contribution in [2.24, 2.45) is 0 Å². The Morgan fingerprint density at radius 1 is 1.05 bits per heavy atom. The number of benzene rings is 2. The van der Waals surface area contributed by atoms with Gasteiger partial charge in [0.2, 0.25) is 0 Å². The molecule has 2 nitrogen and oxygen atoms in total. The average Bonchev–Trinajstić information content (AvgIpc) is 2.33. The Morgan fingerprint density at radius 3 is 2.20 bits per heavy atom. The second-order valence-corrected chi connectivity index (χ2v) is 5.80. The first-order valence-corrected chi connectivity index (χ1v) is 7.13. The molecule has 0 unspecified atom stereocenters. The normalized spacial score (nSPS) is 10.4. The van der Waals surface area contributed by atoms with E-state index in [1.807, 2.05) is 22.6 Å². The smallest absolute Gasteiger partial charge is 0.256 e. The summed E-state index contributed by atoms with van der Waals surface area (Å²) in [6, 6.07) is 5.82. The number of carbonyl (C=O) groups excluding carboxylic acids is 1. The lowest BCUT2D eigenvalue weighted by Crippen LogP contribution is -2.14. The van der Waals surface area contributed by atoms with E-state index in [-0.39, 0.29) is 21.3 Å². The number of anilines is 1. The summed E-state index contributed by atoms with van der Waals surface area (Å²) in [4.78, 5) is 12.1. The van der Waals surface area contributed by atoms with Crippen molar-refractivity contribution in [2.75, 3.05) is 5.32 Å². The zero-order chi connectivity index (χ0) is 14.9. The molecule has 0 aliphatic carbocycles. The van der Waals surface area contributed by atoms with Gasteiger partial charge in [0.15, 0.2) is 0 Å². The maximum atomic E-state index is 13.1. The molecule has 0 aliphatic heterocycles. The predicted octanol–water partition coefficient (Wildman–Crippen LogP) is 5.13. The van der Waals surface area contributed by atoms with Crippen LogP contribution in [0.5, 0.6) is 0 Å². The molecule has 0 atom stereocenters. The molecule has 0 aromatic heterocycles. The minimum absolute atomic E-state index is 0.0135. The fraction of sp³-hybridized carbons (Fsp3) is 0. The van der Waals surface area contributed by atoms with Gasteiger partial charge < -0.3 is 5.32 Å². The van der Waals surface area contributed by atoms with Gasteiger partial charge in [0.1, 0.15) is 11.6 Å². The van der Waals surface area contributed by atoms with Crippen molar-refractivity contribution in [1.29, 1.82) is 0 Å². The highest BCUT2D eigenvalue weighted by atomic mass is 127. The minimum atomic E-state index is -0.602. The Labute approximate surface area is 137 Å². The molecule has 0 saturated carbocycles. The number of nitrogens with one attached hydrogen (secondary N) is 1. The molecule has 0 aliphatic rings. The van der Waals surface area contributed by atoms with Crippen LogP contribution in [0.2, 0.25) is 10.0 Å². The van der Waals surface area contributed by atoms with E-state index >= 15 is 0 Å². The van der Waals surface area contributed by atoms with Crippen molar-refractivity contribution < 1.29 is 13.6 Å². The first-order chi connectivity index (χ1) is 9.38. The molecular formula is C13H6Cl2F2INO. The van der Waals surface area contributed by atoms with Crippen LogP contribution >= 0.6 is 45.8 Å². The third-order valence-electron chi connectivity index (χ3n) is 2.42. The molecule has 2 aromatic rings. The molecule has 0 spiro atoms. The molecule has 2 rings (SSSR count). The molecule has 1 N–H and O–H groups in total. The second kappa shape index (κ2) is 6.24. The van der Waals surface area contributed by atoms with E-state index in [0.29, 0.717) is 3.57 Å². The molecule has 7 heteroatoms. The highest BCUT2D eigenvalue weighted by molar-refractivity contribution is 14.1. The first-order valence-electron chi connectivity index (χ1n) is 5.29. The van der Waals surface area contributed by atoms with Gasteiger partial charge in [0.25, 0.3) is 5.91 Å². The summed E-state index contributed by atoms with van der Waals surface area (Å²) in [7, 11) is 0. The lowest BCUT2D eigenvalue weighted by atomic mass is 10.2. The molecule has 0 heterocycles. The summed E-state index contributed by atoms with van der Waals surface area (Å²) in [5, 5.41) is 2.46. The van der Waals surface area contributed by atoms with Crippen LogP contribution in [0.25, 0.3) is 0 Å². The molecule has 0 radical (unpaired) electrons. The number of carbonyl (C=O) groups is 1. The molecule has 104 valence electrons. The topological polar surface area (TPSA) is 29.1 Å². The number of hydrogen-bond acceptors (Lipinski definition) is 1. The van der Waals surface area contributed by atoms with Crippen molar-refractivity contribution in [1.82, 2.24) is 0 Å². The Balaban J connectivity index is 2.33. The summed E-state index contributed by atoms with van der Waals surface area (Å²) in [5.74, 6) is -1.55. The Bertz CT molecular complexity index is 671. The van der Waals surface area contributed by atoms with Crippen LogP contribution in [-0.2, 0) is 0 Å². The van der Waals surface area contributed by atoms with E-state index < -0.39 is 17.5 Å². The van der Waals surface area contributed by atoms with Crippen molar-refractivity contribution in [3.05, 3.63) is 61.1 Å². The van der Waals surface area contributed by atoms with Crippen molar-refractivity contribution in [3.63, 3.8) is 0 Å². The van der Waals surface area contributed by atoms with E-state index in [1.165, 1.54) is 18.2 Å². The van der Waals surface area contributed by atoms with Crippen molar-refractivity contribution in [2.45, 2.75) is 0 Å². The molecule has 2 aromatic carbocycles. The summed E-state index contributed by atoms with van der Waals surface area (Å²) in [6.07, 6.45) is 0. The molecule has 0 fully saturated rings. The van der Waals surface area contributed by atoms with Crippen molar-refractivity contribution in [3.8, 4) is 0 Å². The SMILES string of the molecule is O=C(Nc1c(Cl)cc(F)cc1Cl)c1ccc(F)cc1I. The van der Waals surface area contributed by atoms with Gasteiger partial charge in [0, 0.05) is 3.57 Å². The largest absolute Gasteiger partial charge is 0.319 e. The first kappa shape index (κ1) is 15.5. The van der Waals surface area contributed by atoms with Gasteiger partial charge in [-0.25, -0.2) is 8.78 Å². The Kier molecular flexibility index (Phi) is 4.82. The van der Waals surface area contributed by atoms with Gasteiger partial charge >= 0.3 is 0 Å². The maximum absolute atomic E-state index is 13.1. The lowest BCUT2D eigenvalue weighted by Gasteiger charge is -2.10. The fourth-order valence-electron chi connectivity index (χ4n) is 1.52. The van der Waals surface area contributed by atoms with E-state index in [2.05, 4.69) is 5.32 Å². The quantitative estimate of drug-likeness (QED) is 0.661. The summed E-state index contributed by atoms with van der Waals surface area (Å²) < 4.78 is 26.5. The molecule has 0 saturated heterocycles. The van der Waals surface area contributed by atoms with Crippen LogP contribution in [0, 0.1) is 15.2 Å². The van der Waals surface area contributed by atoms with Crippen molar-refractivity contribution >= 4 is 57.4 Å². The van der Waals surface area contributed by atoms with Crippen LogP contribution in [0.4, 0.5) is 14.5 Å². The monoisotopic (exact) mass is 427 g/mol. The Hall–Kier alpha value is -0.920. The number of amides is 1. The van der Waals surface area contributed by atoms with E-state index in [0.717, 1.165) is 12.1 Å². The third-order valence-corrected chi connectivity index (χ3v) is 3.91. The zero-order valence-electron chi connectivity index (χ0n) is 9.68.